The first kappa shape index (κ1) is 19.5. The average molecular weight is 516 g/mol. The molecule has 0 N–H and O–H groups in total. The Kier molecular flexibility index (Phi) is 5.76. The SMILES string of the molecule is Cc1ccc(COc2c(Br)cc(C=C3Sc4ccccc4C3=O)cc2Br)cc1. The maximum atomic E-state index is 12.6. The minimum absolute atomic E-state index is 0.0764. The Hall–Kier alpha value is -1.82. The van der Waals surface area contributed by atoms with Crippen molar-refractivity contribution in [2.45, 2.75) is 18.4 Å². The number of hydrogen-bond acceptors (Lipinski definition) is 3. The minimum atomic E-state index is 0.0764. The lowest BCUT2D eigenvalue weighted by atomic mass is 10.1. The van der Waals surface area contributed by atoms with Crippen molar-refractivity contribution in [1.29, 1.82) is 0 Å². The van der Waals surface area contributed by atoms with E-state index in [2.05, 4.69) is 63.0 Å². The van der Waals surface area contributed by atoms with E-state index in [1.54, 1.807) is 0 Å². The normalized spacial score (nSPS) is 14.4. The molecule has 0 saturated carbocycles. The zero-order valence-electron chi connectivity index (χ0n) is 15.0. The number of carbonyl (C=O) groups is 1. The number of Topliss-reactive ketones (excluding diaryl/α,β-unsaturated/α-hetero) is 1. The minimum Gasteiger partial charge on any atom is -0.487 e. The van der Waals surface area contributed by atoms with Crippen LogP contribution in [-0.2, 0) is 6.61 Å². The van der Waals surface area contributed by atoms with Gasteiger partial charge in [0.15, 0.2) is 0 Å². The number of rotatable bonds is 4. The molecule has 0 spiro atoms. The van der Waals surface area contributed by atoms with Crippen LogP contribution < -0.4 is 4.74 Å². The van der Waals surface area contributed by atoms with Crippen molar-refractivity contribution >= 4 is 55.5 Å². The van der Waals surface area contributed by atoms with Crippen LogP contribution in [0, 0.1) is 6.92 Å². The molecular formula is C23H16Br2O2S. The van der Waals surface area contributed by atoms with Gasteiger partial charge in [-0.1, -0.05) is 53.7 Å². The molecule has 5 heteroatoms. The number of allylic oxidation sites excluding steroid dienone is 1. The molecule has 1 aliphatic rings. The van der Waals surface area contributed by atoms with E-state index in [9.17, 15) is 4.79 Å². The molecular weight excluding hydrogens is 500 g/mol. The van der Waals surface area contributed by atoms with Gasteiger partial charge in [-0.15, -0.1) is 0 Å². The lowest BCUT2D eigenvalue weighted by molar-refractivity contribution is 0.104. The fourth-order valence-corrected chi connectivity index (χ4v) is 5.43. The predicted molar refractivity (Wildman–Crippen MR) is 122 cm³/mol. The third kappa shape index (κ3) is 4.12. The Bertz CT molecular complexity index is 1070. The van der Waals surface area contributed by atoms with E-state index >= 15 is 0 Å². The highest BCUT2D eigenvalue weighted by atomic mass is 79.9. The fraction of sp³-hybridized carbons (Fsp3) is 0.0870. The smallest absolute Gasteiger partial charge is 0.200 e. The zero-order chi connectivity index (χ0) is 19.7. The van der Waals surface area contributed by atoms with Crippen molar-refractivity contribution in [3.63, 3.8) is 0 Å². The molecule has 3 aromatic rings. The molecule has 28 heavy (non-hydrogen) atoms. The molecule has 0 atom stereocenters. The van der Waals surface area contributed by atoms with Crippen LogP contribution in [0.4, 0.5) is 0 Å². The van der Waals surface area contributed by atoms with Crippen LogP contribution in [0.2, 0.25) is 0 Å². The van der Waals surface area contributed by atoms with Gasteiger partial charge >= 0.3 is 0 Å². The summed E-state index contributed by atoms with van der Waals surface area (Å²) in [4.78, 5) is 14.3. The number of halogens is 2. The van der Waals surface area contributed by atoms with Crippen molar-refractivity contribution in [3.05, 3.63) is 96.8 Å². The van der Waals surface area contributed by atoms with Gasteiger partial charge in [-0.2, -0.15) is 0 Å². The van der Waals surface area contributed by atoms with Crippen molar-refractivity contribution in [1.82, 2.24) is 0 Å². The number of fused-ring (bicyclic) bond motifs is 1. The van der Waals surface area contributed by atoms with Crippen LogP contribution in [0.25, 0.3) is 6.08 Å². The Morgan fingerprint density at radius 3 is 2.36 bits per heavy atom. The second-order valence-electron chi connectivity index (χ2n) is 6.52. The summed E-state index contributed by atoms with van der Waals surface area (Å²) in [5.41, 5.74) is 4.05. The molecule has 0 aromatic heterocycles. The van der Waals surface area contributed by atoms with Gasteiger partial charge in [0.2, 0.25) is 5.78 Å². The van der Waals surface area contributed by atoms with Crippen LogP contribution in [0.15, 0.2) is 79.4 Å². The van der Waals surface area contributed by atoms with Gasteiger partial charge in [0.25, 0.3) is 0 Å². The lowest BCUT2D eigenvalue weighted by Crippen LogP contribution is -1.98. The molecule has 140 valence electrons. The predicted octanol–water partition coefficient (Wildman–Crippen LogP) is 7.43. The number of aryl methyl sites for hydroxylation is 1. The number of thioether (sulfide) groups is 1. The van der Waals surface area contributed by atoms with Crippen molar-refractivity contribution in [2.75, 3.05) is 0 Å². The van der Waals surface area contributed by atoms with E-state index in [0.29, 0.717) is 6.61 Å². The molecule has 0 bridgehead atoms. The van der Waals surface area contributed by atoms with Crippen LogP contribution in [0.1, 0.15) is 27.0 Å². The summed E-state index contributed by atoms with van der Waals surface area (Å²) >= 11 is 8.71. The molecule has 1 aliphatic heterocycles. The summed E-state index contributed by atoms with van der Waals surface area (Å²) in [6.45, 7) is 2.55. The monoisotopic (exact) mass is 514 g/mol. The first-order valence-corrected chi connectivity index (χ1v) is 11.1. The topological polar surface area (TPSA) is 26.3 Å². The Balaban J connectivity index is 1.55. The van der Waals surface area contributed by atoms with Gasteiger partial charge in [0, 0.05) is 10.5 Å². The molecule has 0 fully saturated rings. The summed E-state index contributed by atoms with van der Waals surface area (Å²) in [5.74, 6) is 0.823. The second-order valence-corrected chi connectivity index (χ2v) is 9.32. The van der Waals surface area contributed by atoms with Crippen LogP contribution in [0.5, 0.6) is 5.75 Å². The Morgan fingerprint density at radius 2 is 1.68 bits per heavy atom. The van der Waals surface area contributed by atoms with Gasteiger partial charge in [0.1, 0.15) is 12.4 Å². The van der Waals surface area contributed by atoms with E-state index < -0.39 is 0 Å². The maximum Gasteiger partial charge on any atom is 0.200 e. The lowest BCUT2D eigenvalue weighted by Gasteiger charge is -2.12. The molecule has 4 rings (SSSR count). The average Bonchev–Trinajstić information content (AvgIpc) is 2.98. The zero-order valence-corrected chi connectivity index (χ0v) is 19.0. The number of ether oxygens (including phenoxy) is 1. The number of benzene rings is 3. The first-order chi connectivity index (χ1) is 13.5. The summed E-state index contributed by atoms with van der Waals surface area (Å²) in [5, 5.41) is 0. The van der Waals surface area contributed by atoms with E-state index in [4.69, 9.17) is 4.74 Å². The van der Waals surface area contributed by atoms with Gasteiger partial charge in [-0.3, -0.25) is 4.79 Å². The molecule has 2 nitrogen and oxygen atoms in total. The summed E-state index contributed by atoms with van der Waals surface area (Å²) < 4.78 is 7.69. The van der Waals surface area contributed by atoms with Crippen molar-refractivity contribution < 1.29 is 9.53 Å². The van der Waals surface area contributed by atoms with Crippen molar-refractivity contribution in [3.8, 4) is 5.75 Å². The molecule has 1 heterocycles. The summed E-state index contributed by atoms with van der Waals surface area (Å²) in [6, 6.07) is 19.9. The number of ketones is 1. The number of carbonyl (C=O) groups excluding carboxylic acids is 1. The summed E-state index contributed by atoms with van der Waals surface area (Å²) in [7, 11) is 0. The van der Waals surface area contributed by atoms with E-state index in [1.807, 2.05) is 42.5 Å². The highest BCUT2D eigenvalue weighted by Crippen LogP contribution is 2.42. The molecule has 0 saturated heterocycles. The van der Waals surface area contributed by atoms with E-state index in [-0.39, 0.29) is 5.78 Å². The highest BCUT2D eigenvalue weighted by molar-refractivity contribution is 9.11. The molecule has 3 aromatic carbocycles. The molecule has 0 aliphatic carbocycles. The Labute approximate surface area is 185 Å². The number of hydrogen-bond donors (Lipinski definition) is 0. The van der Waals surface area contributed by atoms with E-state index in [1.165, 1.54) is 17.3 Å². The maximum absolute atomic E-state index is 12.6. The second kappa shape index (κ2) is 8.27. The van der Waals surface area contributed by atoms with E-state index in [0.717, 1.165) is 41.2 Å². The van der Waals surface area contributed by atoms with Gasteiger partial charge in [-0.25, -0.2) is 0 Å². The fourth-order valence-electron chi connectivity index (χ4n) is 2.93. The van der Waals surface area contributed by atoms with Crippen LogP contribution in [0.3, 0.4) is 0 Å². The van der Waals surface area contributed by atoms with Gasteiger partial charge < -0.3 is 4.74 Å². The van der Waals surface area contributed by atoms with Gasteiger partial charge in [0.05, 0.1) is 13.9 Å². The highest BCUT2D eigenvalue weighted by Gasteiger charge is 2.25. The van der Waals surface area contributed by atoms with Crippen molar-refractivity contribution in [2.24, 2.45) is 0 Å². The van der Waals surface area contributed by atoms with Crippen LogP contribution in [-0.4, -0.2) is 5.78 Å². The Morgan fingerprint density at radius 1 is 1.00 bits per heavy atom. The largest absolute Gasteiger partial charge is 0.487 e. The standard InChI is InChI=1S/C23H16Br2O2S/c1-14-6-8-15(9-7-14)13-27-23-18(24)10-16(11-19(23)25)12-21-22(26)17-4-2-3-5-20(17)28-21/h2-12H,13H2,1H3. The molecule has 0 amide bonds. The quantitative estimate of drug-likeness (QED) is 0.338. The van der Waals surface area contributed by atoms with Crippen LogP contribution >= 0.6 is 43.6 Å². The molecule has 0 unspecified atom stereocenters. The third-order valence-corrected chi connectivity index (χ3v) is 6.67. The first-order valence-electron chi connectivity index (χ1n) is 8.72. The van der Waals surface area contributed by atoms with Gasteiger partial charge in [-0.05, 0) is 80.3 Å². The summed E-state index contributed by atoms with van der Waals surface area (Å²) in [6.07, 6.45) is 1.92. The molecule has 0 radical (unpaired) electrons. The third-order valence-electron chi connectivity index (χ3n) is 4.40.